The Kier molecular flexibility index (Phi) is 3.78. The lowest BCUT2D eigenvalue weighted by Gasteiger charge is -2.24. The van der Waals surface area contributed by atoms with Gasteiger partial charge in [0.05, 0.1) is 10.4 Å². The summed E-state index contributed by atoms with van der Waals surface area (Å²) in [5.74, 6) is 0.505. The van der Waals surface area contributed by atoms with Crippen LogP contribution in [-0.4, -0.2) is 7.05 Å². The number of nitrogens with zero attached hydrogens (tertiary/aromatic N) is 1. The van der Waals surface area contributed by atoms with Gasteiger partial charge in [0.2, 0.25) is 0 Å². The van der Waals surface area contributed by atoms with Gasteiger partial charge in [-0.3, -0.25) is 0 Å². The van der Waals surface area contributed by atoms with Crippen LogP contribution in [0.4, 0.5) is 11.4 Å². The van der Waals surface area contributed by atoms with Crippen molar-refractivity contribution in [3.63, 3.8) is 0 Å². The zero-order valence-electron chi connectivity index (χ0n) is 14.3. The van der Waals surface area contributed by atoms with Crippen LogP contribution in [0.2, 0.25) is 0 Å². The van der Waals surface area contributed by atoms with E-state index in [0.29, 0.717) is 5.92 Å². The summed E-state index contributed by atoms with van der Waals surface area (Å²) in [7, 11) is 2.18. The highest BCUT2D eigenvalue weighted by molar-refractivity contribution is 7.26. The quantitative estimate of drug-likeness (QED) is 0.393. The van der Waals surface area contributed by atoms with Gasteiger partial charge in [-0.05, 0) is 29.7 Å². The molecule has 1 aromatic heterocycles. The summed E-state index contributed by atoms with van der Waals surface area (Å²) in [6.45, 7) is 4.51. The van der Waals surface area contributed by atoms with Crippen molar-refractivity contribution in [3.8, 4) is 0 Å². The third-order valence-corrected chi connectivity index (χ3v) is 5.87. The molecule has 0 amide bonds. The second-order valence-electron chi connectivity index (χ2n) is 6.52. The minimum Gasteiger partial charge on any atom is -0.343 e. The molecular formula is C22H21NS. The number of anilines is 2. The summed E-state index contributed by atoms with van der Waals surface area (Å²) < 4.78 is 2.71. The second kappa shape index (κ2) is 5.95. The van der Waals surface area contributed by atoms with Gasteiger partial charge < -0.3 is 4.90 Å². The molecule has 0 atom stereocenters. The van der Waals surface area contributed by atoms with E-state index in [1.54, 1.807) is 0 Å². The number of thiophene rings is 1. The van der Waals surface area contributed by atoms with Crippen LogP contribution in [0.15, 0.2) is 66.7 Å². The summed E-state index contributed by atoms with van der Waals surface area (Å²) in [6.07, 6.45) is 0. The average molecular weight is 331 g/mol. The molecule has 0 radical (unpaired) electrons. The van der Waals surface area contributed by atoms with Gasteiger partial charge in [-0.2, -0.15) is 0 Å². The van der Waals surface area contributed by atoms with Gasteiger partial charge in [-0.15, -0.1) is 11.3 Å². The first kappa shape index (κ1) is 15.2. The average Bonchev–Trinajstić information content (AvgIpc) is 3.00. The molecule has 0 aliphatic heterocycles. The van der Waals surface area contributed by atoms with E-state index in [4.69, 9.17) is 0 Å². The molecule has 0 spiro atoms. The van der Waals surface area contributed by atoms with E-state index in [-0.39, 0.29) is 0 Å². The predicted molar refractivity (Wildman–Crippen MR) is 108 cm³/mol. The Bertz CT molecular complexity index is 1010. The monoisotopic (exact) mass is 331 g/mol. The highest BCUT2D eigenvalue weighted by Crippen LogP contribution is 2.42. The fourth-order valence-corrected chi connectivity index (χ4v) is 4.66. The zero-order valence-corrected chi connectivity index (χ0v) is 15.1. The standard InChI is InChI=1S/C22H21NS/c1-15(2)16-9-4-6-12-19(16)23(3)20-13-8-11-18-17-10-5-7-14-21(17)24-22(18)20/h4-15H,1-3H3. The molecule has 0 bridgehead atoms. The lowest BCUT2D eigenvalue weighted by molar-refractivity contribution is 0.862. The Morgan fingerprint density at radius 2 is 1.42 bits per heavy atom. The largest absolute Gasteiger partial charge is 0.343 e. The maximum absolute atomic E-state index is 2.34. The number of benzene rings is 3. The Balaban J connectivity index is 1.94. The fraction of sp³-hybridized carbons (Fsp3) is 0.182. The first-order valence-corrected chi connectivity index (χ1v) is 9.21. The molecule has 4 aromatic rings. The van der Waals surface area contributed by atoms with Gasteiger partial charge in [0.15, 0.2) is 0 Å². The van der Waals surface area contributed by atoms with E-state index in [0.717, 1.165) is 0 Å². The molecule has 0 aliphatic carbocycles. The van der Waals surface area contributed by atoms with Crippen LogP contribution in [0, 0.1) is 0 Å². The Morgan fingerprint density at radius 3 is 2.25 bits per heavy atom. The molecule has 1 heterocycles. The molecule has 0 aliphatic rings. The van der Waals surface area contributed by atoms with Crippen LogP contribution >= 0.6 is 11.3 Å². The third-order valence-electron chi connectivity index (χ3n) is 4.66. The molecule has 24 heavy (non-hydrogen) atoms. The lowest BCUT2D eigenvalue weighted by atomic mass is 10.00. The molecule has 0 N–H and O–H groups in total. The molecule has 2 heteroatoms. The normalized spacial score (nSPS) is 11.5. The van der Waals surface area contributed by atoms with E-state index in [1.165, 1.54) is 37.1 Å². The summed E-state index contributed by atoms with van der Waals surface area (Å²) in [6, 6.07) is 24.0. The maximum atomic E-state index is 2.34. The highest BCUT2D eigenvalue weighted by Gasteiger charge is 2.15. The van der Waals surface area contributed by atoms with E-state index in [1.807, 2.05) is 11.3 Å². The van der Waals surface area contributed by atoms with Gasteiger partial charge in [0.1, 0.15) is 0 Å². The van der Waals surface area contributed by atoms with Gasteiger partial charge in [0.25, 0.3) is 0 Å². The van der Waals surface area contributed by atoms with Gasteiger partial charge in [-0.1, -0.05) is 62.4 Å². The summed E-state index contributed by atoms with van der Waals surface area (Å²) in [5.41, 5.74) is 3.96. The molecule has 0 saturated carbocycles. The van der Waals surface area contributed by atoms with Gasteiger partial charge in [-0.25, -0.2) is 0 Å². The number of hydrogen-bond acceptors (Lipinski definition) is 2. The van der Waals surface area contributed by atoms with E-state index in [2.05, 4.69) is 92.5 Å². The topological polar surface area (TPSA) is 3.24 Å². The first-order chi connectivity index (χ1) is 11.7. The number of para-hydroxylation sites is 1. The maximum Gasteiger partial charge on any atom is 0.0592 e. The molecule has 4 rings (SSSR count). The van der Waals surface area contributed by atoms with Crippen LogP contribution in [0.25, 0.3) is 20.2 Å². The zero-order chi connectivity index (χ0) is 16.7. The highest BCUT2D eigenvalue weighted by atomic mass is 32.1. The van der Waals surface area contributed by atoms with E-state index >= 15 is 0 Å². The lowest BCUT2D eigenvalue weighted by Crippen LogP contribution is -2.12. The molecule has 0 fully saturated rings. The van der Waals surface area contributed by atoms with Crippen molar-refractivity contribution in [2.24, 2.45) is 0 Å². The number of fused-ring (bicyclic) bond motifs is 3. The van der Waals surface area contributed by atoms with E-state index < -0.39 is 0 Å². The molecular weight excluding hydrogens is 310 g/mol. The van der Waals surface area contributed by atoms with Crippen molar-refractivity contribution in [1.29, 1.82) is 0 Å². The summed E-state index contributed by atoms with van der Waals surface area (Å²) in [5, 5.41) is 2.70. The molecule has 1 nitrogen and oxygen atoms in total. The molecule has 0 saturated heterocycles. The minimum absolute atomic E-state index is 0.505. The van der Waals surface area contributed by atoms with Crippen molar-refractivity contribution in [3.05, 3.63) is 72.3 Å². The molecule has 3 aromatic carbocycles. The van der Waals surface area contributed by atoms with Crippen LogP contribution in [0.5, 0.6) is 0 Å². The second-order valence-corrected chi connectivity index (χ2v) is 7.58. The third kappa shape index (κ3) is 2.38. The summed E-state index contributed by atoms with van der Waals surface area (Å²) in [4.78, 5) is 2.34. The van der Waals surface area contributed by atoms with E-state index in [9.17, 15) is 0 Å². The van der Waals surface area contributed by atoms with Gasteiger partial charge in [0, 0.05) is 28.2 Å². The summed E-state index contributed by atoms with van der Waals surface area (Å²) >= 11 is 1.88. The number of rotatable bonds is 3. The van der Waals surface area contributed by atoms with Crippen LogP contribution in [0.1, 0.15) is 25.3 Å². The Morgan fingerprint density at radius 1 is 0.750 bits per heavy atom. The minimum atomic E-state index is 0.505. The van der Waals surface area contributed by atoms with Crippen molar-refractivity contribution in [1.82, 2.24) is 0 Å². The SMILES string of the molecule is CC(C)c1ccccc1N(C)c1cccc2c1sc1ccccc12. The molecule has 120 valence electrons. The Labute approximate surface area is 147 Å². The molecule has 0 unspecified atom stereocenters. The smallest absolute Gasteiger partial charge is 0.0592 e. The fourth-order valence-electron chi connectivity index (χ4n) is 3.41. The van der Waals surface area contributed by atoms with Crippen LogP contribution in [-0.2, 0) is 0 Å². The van der Waals surface area contributed by atoms with Crippen LogP contribution in [0.3, 0.4) is 0 Å². The Hall–Kier alpha value is -2.32. The first-order valence-electron chi connectivity index (χ1n) is 8.39. The van der Waals surface area contributed by atoms with Crippen molar-refractivity contribution in [2.45, 2.75) is 19.8 Å². The number of hydrogen-bond donors (Lipinski definition) is 0. The van der Waals surface area contributed by atoms with Crippen molar-refractivity contribution < 1.29 is 0 Å². The van der Waals surface area contributed by atoms with Crippen LogP contribution < -0.4 is 4.90 Å². The predicted octanol–water partition coefficient (Wildman–Crippen LogP) is 6.95. The van der Waals surface area contributed by atoms with Crippen molar-refractivity contribution in [2.75, 3.05) is 11.9 Å². The van der Waals surface area contributed by atoms with Gasteiger partial charge >= 0.3 is 0 Å². The van der Waals surface area contributed by atoms with Crippen molar-refractivity contribution >= 4 is 42.9 Å².